The molecule has 0 unspecified atom stereocenters. The second-order valence-corrected chi connectivity index (χ2v) is 7.26. The molecule has 1 aliphatic heterocycles. The van der Waals surface area contributed by atoms with E-state index in [1.165, 1.54) is 18.2 Å². The number of nitro benzene ring substituents is 1. The van der Waals surface area contributed by atoms with Gasteiger partial charge in [-0.3, -0.25) is 30.6 Å². The van der Waals surface area contributed by atoms with Gasteiger partial charge in [0.1, 0.15) is 15.3 Å². The molecule has 0 aromatic heterocycles. The largest absolute Gasteiger partial charge is 0.320 e. The van der Waals surface area contributed by atoms with Crippen molar-refractivity contribution in [3.63, 3.8) is 0 Å². The number of carbonyl (C=O) groups excluding carboxylic acids is 2. The lowest BCUT2D eigenvalue weighted by Gasteiger charge is -2.13. The Hall–Kier alpha value is -2.68. The molecule has 1 saturated heterocycles. The minimum atomic E-state index is -1.02. The van der Waals surface area contributed by atoms with E-state index in [9.17, 15) is 19.7 Å². The minimum absolute atomic E-state index is 0.0854. The van der Waals surface area contributed by atoms with Gasteiger partial charge in [-0.15, -0.1) is 0 Å². The number of rotatable bonds is 5. The number of thiocarbonyl (C=S) groups is 2. The number of hydrogen-bond donors (Lipinski definition) is 5. The number of anilines is 1. The van der Waals surface area contributed by atoms with E-state index in [1.54, 1.807) is 6.92 Å². The maximum absolute atomic E-state index is 12.7. The van der Waals surface area contributed by atoms with E-state index in [-0.39, 0.29) is 26.5 Å². The molecule has 0 spiro atoms. The molecule has 1 aromatic rings. The van der Waals surface area contributed by atoms with Crippen molar-refractivity contribution in [2.75, 3.05) is 5.32 Å². The van der Waals surface area contributed by atoms with E-state index >= 15 is 0 Å². The zero-order valence-electron chi connectivity index (χ0n) is 13.6. The maximum atomic E-state index is 12.7. The molecule has 27 heavy (non-hydrogen) atoms. The predicted molar refractivity (Wildman–Crippen MR) is 109 cm³/mol. The van der Waals surface area contributed by atoms with E-state index in [4.69, 9.17) is 30.3 Å². The van der Waals surface area contributed by atoms with Crippen molar-refractivity contribution in [1.29, 1.82) is 0 Å². The fraction of sp³-hybridized carbons (Fsp3) is 0.154. The van der Waals surface area contributed by atoms with E-state index in [1.807, 2.05) is 0 Å². The molecule has 2 amide bonds. The summed E-state index contributed by atoms with van der Waals surface area (Å²) in [4.78, 5) is 35.1. The fourth-order valence-corrected chi connectivity index (χ4v) is 3.20. The zero-order valence-corrected chi connectivity index (χ0v) is 16.1. The van der Waals surface area contributed by atoms with Gasteiger partial charge >= 0.3 is 0 Å². The number of nitro groups is 1. The topological polar surface area (TPSA) is 164 Å². The summed E-state index contributed by atoms with van der Waals surface area (Å²) in [6.45, 7) is 1.66. The number of thioether (sulfide) groups is 1. The van der Waals surface area contributed by atoms with Gasteiger partial charge in [-0.1, -0.05) is 30.0 Å². The van der Waals surface area contributed by atoms with Crippen LogP contribution in [0.4, 0.5) is 11.4 Å². The summed E-state index contributed by atoms with van der Waals surface area (Å²) < 4.78 is 0.191. The number of nitrogens with two attached hydrogens (primary N) is 1. The van der Waals surface area contributed by atoms with Crippen LogP contribution in [-0.2, 0) is 9.59 Å². The summed E-state index contributed by atoms with van der Waals surface area (Å²) >= 11 is 10.6. The van der Waals surface area contributed by atoms with Crippen molar-refractivity contribution in [1.82, 2.24) is 16.2 Å². The molecule has 2 rings (SSSR count). The van der Waals surface area contributed by atoms with Crippen LogP contribution in [0.5, 0.6) is 0 Å². The number of nitrogens with zero attached hydrogens (tertiary/aromatic N) is 2. The van der Waals surface area contributed by atoms with Gasteiger partial charge in [0.2, 0.25) is 11.0 Å². The number of hydrazine groups is 1. The number of hydrogen-bond acceptors (Lipinski definition) is 9. The van der Waals surface area contributed by atoms with Gasteiger partial charge in [0.05, 0.1) is 10.6 Å². The van der Waals surface area contributed by atoms with Crippen molar-refractivity contribution < 1.29 is 14.5 Å². The third-order valence-corrected chi connectivity index (χ3v) is 4.85. The Morgan fingerprint density at radius 2 is 2.19 bits per heavy atom. The third kappa shape index (κ3) is 5.16. The number of benzene rings is 1. The summed E-state index contributed by atoms with van der Waals surface area (Å²) in [5.74, 6) is 3.85. The Morgan fingerprint density at radius 1 is 1.48 bits per heavy atom. The molecule has 1 aromatic carbocycles. The average molecular weight is 427 g/mol. The lowest BCUT2D eigenvalue weighted by molar-refractivity contribution is -0.384. The van der Waals surface area contributed by atoms with Crippen molar-refractivity contribution in [3.8, 4) is 0 Å². The smallest absolute Gasteiger partial charge is 0.273 e. The quantitative estimate of drug-likeness (QED) is 0.143. The molecular weight excluding hydrogens is 414 g/mol. The summed E-state index contributed by atoms with van der Waals surface area (Å²) in [5.41, 5.74) is 4.81. The summed E-state index contributed by atoms with van der Waals surface area (Å²) in [5, 5.41) is 18.6. The summed E-state index contributed by atoms with van der Waals surface area (Å²) in [6, 6.07) is 4.00. The Bertz CT molecular complexity index is 873. The van der Waals surface area contributed by atoms with Crippen LogP contribution in [0.15, 0.2) is 23.3 Å². The summed E-state index contributed by atoms with van der Waals surface area (Å²) in [7, 11) is 0. The molecule has 14 heteroatoms. The first-order valence-corrected chi connectivity index (χ1v) is 8.84. The van der Waals surface area contributed by atoms with Crippen LogP contribution in [-0.4, -0.2) is 37.1 Å². The standard InChI is InChI=1S/C13H13N7O4S3/c1-5-2-3-6(20(23)24)4-7(5)15-10(21)8(18-19-12(25)17-14)9-11(22)16-13(26)27-9/h2-4,9H,14H2,1H3,(H,15,21)(H,16,22,26)(H2,17,19,25)/b18-8-/t9-/m0/s1. The maximum Gasteiger partial charge on any atom is 0.273 e. The Balaban J connectivity index is 2.32. The first-order chi connectivity index (χ1) is 12.7. The third-order valence-electron chi connectivity index (χ3n) is 3.26. The zero-order chi connectivity index (χ0) is 20.1. The minimum Gasteiger partial charge on any atom is -0.320 e. The number of amides is 2. The number of hydrazone groups is 1. The lowest BCUT2D eigenvalue weighted by atomic mass is 10.1. The van der Waals surface area contributed by atoms with E-state index in [0.29, 0.717) is 5.56 Å². The van der Waals surface area contributed by atoms with Crippen molar-refractivity contribution >= 4 is 74.5 Å². The first kappa shape index (κ1) is 20.6. The Morgan fingerprint density at radius 3 is 2.74 bits per heavy atom. The lowest BCUT2D eigenvalue weighted by Crippen LogP contribution is -2.42. The van der Waals surface area contributed by atoms with Crippen LogP contribution in [0.25, 0.3) is 0 Å². The van der Waals surface area contributed by atoms with Crippen molar-refractivity contribution in [2.45, 2.75) is 12.2 Å². The molecular formula is C13H13N7O4S3. The van der Waals surface area contributed by atoms with Gasteiger partial charge < -0.3 is 10.6 Å². The number of nitrogens with one attached hydrogen (secondary N) is 4. The van der Waals surface area contributed by atoms with Crippen LogP contribution >= 0.6 is 36.2 Å². The molecule has 1 fully saturated rings. The van der Waals surface area contributed by atoms with Gasteiger partial charge in [-0.05, 0) is 24.7 Å². The second-order valence-electron chi connectivity index (χ2n) is 5.07. The van der Waals surface area contributed by atoms with Crippen LogP contribution < -0.4 is 27.3 Å². The monoisotopic (exact) mass is 427 g/mol. The van der Waals surface area contributed by atoms with Gasteiger partial charge in [0.25, 0.3) is 11.6 Å². The van der Waals surface area contributed by atoms with E-state index in [0.717, 1.165) is 11.8 Å². The average Bonchev–Trinajstić information content (AvgIpc) is 2.94. The number of non-ortho nitro benzene ring substituents is 1. The van der Waals surface area contributed by atoms with Gasteiger partial charge in [-0.2, -0.15) is 5.10 Å². The van der Waals surface area contributed by atoms with E-state index in [2.05, 4.69) is 26.6 Å². The fourth-order valence-electron chi connectivity index (χ4n) is 1.95. The molecule has 1 heterocycles. The highest BCUT2D eigenvalue weighted by atomic mass is 32.2. The van der Waals surface area contributed by atoms with Crippen LogP contribution in [0.1, 0.15) is 5.56 Å². The van der Waals surface area contributed by atoms with Crippen LogP contribution in [0.3, 0.4) is 0 Å². The molecule has 0 bridgehead atoms. The van der Waals surface area contributed by atoms with Crippen molar-refractivity contribution in [3.05, 3.63) is 33.9 Å². The Kier molecular flexibility index (Phi) is 6.73. The van der Waals surface area contributed by atoms with Gasteiger partial charge in [0, 0.05) is 12.1 Å². The molecule has 11 nitrogen and oxygen atoms in total. The van der Waals surface area contributed by atoms with Gasteiger partial charge in [-0.25, -0.2) is 5.84 Å². The normalized spacial score (nSPS) is 16.5. The molecule has 0 saturated carbocycles. The molecule has 0 aliphatic carbocycles. The van der Waals surface area contributed by atoms with Crippen LogP contribution in [0, 0.1) is 17.0 Å². The first-order valence-electron chi connectivity index (χ1n) is 7.15. The summed E-state index contributed by atoms with van der Waals surface area (Å²) in [6.07, 6.45) is 0. The molecule has 1 aliphatic rings. The molecule has 0 radical (unpaired) electrons. The Labute approximate surface area is 167 Å². The molecule has 6 N–H and O–H groups in total. The molecule has 142 valence electrons. The SMILES string of the molecule is Cc1ccc([N+](=O)[O-])cc1NC(=O)/C(=N\NC(=S)NN)[C@@H]1SC(=S)NC1=O. The predicted octanol–water partition coefficient (Wildman–Crippen LogP) is 0.0520. The van der Waals surface area contributed by atoms with E-state index < -0.39 is 22.0 Å². The number of aryl methyl sites for hydroxylation is 1. The van der Waals surface area contributed by atoms with Crippen molar-refractivity contribution in [2.24, 2.45) is 10.9 Å². The highest BCUT2D eigenvalue weighted by Gasteiger charge is 2.37. The second kappa shape index (κ2) is 8.81. The van der Waals surface area contributed by atoms with Crippen LogP contribution in [0.2, 0.25) is 0 Å². The van der Waals surface area contributed by atoms with Gasteiger partial charge in [0.15, 0.2) is 0 Å². The number of carbonyl (C=O) groups is 2. The highest BCUT2D eigenvalue weighted by molar-refractivity contribution is 8.25. The molecule has 1 atom stereocenters. The highest BCUT2D eigenvalue weighted by Crippen LogP contribution is 2.24.